The van der Waals surface area contributed by atoms with Gasteiger partial charge in [0.2, 0.25) is 0 Å². The van der Waals surface area contributed by atoms with Gasteiger partial charge in [-0.05, 0) is 19.8 Å². The molecule has 26 heavy (non-hydrogen) atoms. The Morgan fingerprint density at radius 1 is 0.654 bits per heavy atom. The molecular weight excluding hydrogens is 330 g/mol. The van der Waals surface area contributed by atoms with Crippen LogP contribution in [0, 0.1) is 0 Å². The number of carbonyl (C=O) groups excluding carboxylic acids is 2. The minimum atomic E-state index is -0.433. The lowest BCUT2D eigenvalue weighted by Crippen LogP contribution is -2.37. The predicted molar refractivity (Wildman–Crippen MR) is 106 cm³/mol. The van der Waals surface area contributed by atoms with E-state index in [0.717, 1.165) is 25.7 Å². The molecule has 0 spiro atoms. The molecule has 154 valence electrons. The lowest BCUT2D eigenvalue weighted by atomic mass is 10.1. The summed E-state index contributed by atoms with van der Waals surface area (Å²) in [4.78, 5) is 25.1. The molecule has 0 atom stereocenters. The molecule has 0 aromatic heterocycles. The molecule has 0 aliphatic rings. The molecule has 0 N–H and O–H groups in total. The summed E-state index contributed by atoms with van der Waals surface area (Å²) in [5.41, 5.74) is 0. The quantitative estimate of drug-likeness (QED) is 0.243. The molecule has 0 fully saturated rings. The third-order valence-corrected chi connectivity index (χ3v) is 4.44. The Bertz CT molecular complexity index is 347. The average molecular weight is 372 g/mol. The Labute approximate surface area is 160 Å². The first-order chi connectivity index (χ1) is 12.7. The van der Waals surface area contributed by atoms with Crippen molar-refractivity contribution in [3.8, 4) is 0 Å². The molecule has 0 saturated heterocycles. The molecule has 0 saturated carbocycles. The van der Waals surface area contributed by atoms with E-state index in [1.54, 1.807) is 0 Å². The highest BCUT2D eigenvalue weighted by molar-refractivity contribution is 5.78. The normalized spacial score (nSPS) is 10.6. The maximum absolute atomic E-state index is 11.8. The van der Waals surface area contributed by atoms with Crippen molar-refractivity contribution in [3.05, 3.63) is 0 Å². The second-order valence-electron chi connectivity index (χ2n) is 6.88. The van der Waals surface area contributed by atoms with Gasteiger partial charge in [0.05, 0.1) is 13.2 Å². The number of likely N-dealkylation sites (N-methyl/N-ethyl adjacent to an activating group) is 1. The highest BCUT2D eigenvalue weighted by Gasteiger charge is 2.17. The van der Waals surface area contributed by atoms with Crippen LogP contribution >= 0.6 is 0 Å². The average Bonchev–Trinajstić information content (AvgIpc) is 2.64. The zero-order valence-electron chi connectivity index (χ0n) is 17.4. The van der Waals surface area contributed by atoms with Crippen LogP contribution in [0.5, 0.6) is 0 Å². The van der Waals surface area contributed by atoms with Crippen LogP contribution in [0.3, 0.4) is 0 Å². The third-order valence-electron chi connectivity index (χ3n) is 4.44. The van der Waals surface area contributed by atoms with Gasteiger partial charge in [0.15, 0.2) is 0 Å². The van der Waals surface area contributed by atoms with Gasteiger partial charge in [-0.2, -0.15) is 0 Å². The van der Waals surface area contributed by atoms with Crippen LogP contribution in [0.2, 0.25) is 0 Å². The first kappa shape index (κ1) is 24.7. The van der Waals surface area contributed by atoms with Crippen molar-refractivity contribution in [2.45, 2.75) is 97.8 Å². The maximum atomic E-state index is 11.8. The summed E-state index contributed by atoms with van der Waals surface area (Å²) in [6, 6.07) is 0. The topological polar surface area (TPSA) is 55.8 Å². The van der Waals surface area contributed by atoms with E-state index in [0.29, 0.717) is 19.8 Å². The van der Waals surface area contributed by atoms with E-state index < -0.39 is 6.09 Å². The van der Waals surface area contributed by atoms with Crippen molar-refractivity contribution in [2.75, 3.05) is 26.3 Å². The van der Waals surface area contributed by atoms with E-state index >= 15 is 0 Å². The van der Waals surface area contributed by atoms with Crippen molar-refractivity contribution in [3.63, 3.8) is 0 Å². The van der Waals surface area contributed by atoms with E-state index in [9.17, 15) is 9.59 Å². The fourth-order valence-electron chi connectivity index (χ4n) is 2.68. The number of ether oxygens (including phenoxy) is 2. The monoisotopic (exact) mass is 371 g/mol. The first-order valence-corrected chi connectivity index (χ1v) is 10.7. The van der Waals surface area contributed by atoms with Gasteiger partial charge in [-0.15, -0.1) is 0 Å². The number of unbranched alkanes of at least 4 members (excludes halogenated alkanes) is 10. The SMILES string of the molecule is CCCCCCCCCCCCOC(=O)CN(CC)C(=O)OCCCC. The van der Waals surface area contributed by atoms with Crippen LogP contribution in [0.1, 0.15) is 97.8 Å². The van der Waals surface area contributed by atoms with Crippen molar-refractivity contribution in [1.29, 1.82) is 0 Å². The van der Waals surface area contributed by atoms with Crippen LogP contribution < -0.4 is 0 Å². The van der Waals surface area contributed by atoms with Crippen LogP contribution in [0.4, 0.5) is 4.79 Å². The predicted octanol–water partition coefficient (Wildman–Crippen LogP) is 5.71. The molecule has 0 aromatic carbocycles. The molecule has 0 heterocycles. The molecule has 0 bridgehead atoms. The van der Waals surface area contributed by atoms with Crippen molar-refractivity contribution < 1.29 is 19.1 Å². The number of hydrogen-bond acceptors (Lipinski definition) is 4. The van der Waals surface area contributed by atoms with Gasteiger partial charge in [0.25, 0.3) is 0 Å². The summed E-state index contributed by atoms with van der Waals surface area (Å²) in [7, 11) is 0. The Morgan fingerprint density at radius 2 is 1.15 bits per heavy atom. The minimum absolute atomic E-state index is 0.0286. The molecule has 5 nitrogen and oxygen atoms in total. The number of carbonyl (C=O) groups is 2. The van der Waals surface area contributed by atoms with Crippen molar-refractivity contribution >= 4 is 12.1 Å². The molecule has 0 rings (SSSR count). The van der Waals surface area contributed by atoms with Crippen LogP contribution in [0.15, 0.2) is 0 Å². The van der Waals surface area contributed by atoms with Crippen molar-refractivity contribution in [1.82, 2.24) is 4.90 Å². The molecule has 1 amide bonds. The lowest BCUT2D eigenvalue weighted by molar-refractivity contribution is -0.144. The summed E-state index contributed by atoms with van der Waals surface area (Å²) in [6.45, 7) is 7.37. The Balaban J connectivity index is 3.58. The number of amides is 1. The summed E-state index contributed by atoms with van der Waals surface area (Å²) >= 11 is 0. The van der Waals surface area contributed by atoms with Crippen LogP contribution in [0.25, 0.3) is 0 Å². The lowest BCUT2D eigenvalue weighted by Gasteiger charge is -2.19. The standard InChI is InChI=1S/C21H41NO4/c1-4-7-9-10-11-12-13-14-15-16-18-25-20(23)19-22(6-3)21(24)26-17-8-5-2/h4-19H2,1-3H3. The zero-order chi connectivity index (χ0) is 19.5. The van der Waals surface area contributed by atoms with Crippen molar-refractivity contribution in [2.24, 2.45) is 0 Å². The summed E-state index contributed by atoms with van der Waals surface area (Å²) in [5.74, 6) is -0.352. The first-order valence-electron chi connectivity index (χ1n) is 10.7. The Morgan fingerprint density at radius 3 is 1.69 bits per heavy atom. The van der Waals surface area contributed by atoms with Gasteiger partial charge in [0.1, 0.15) is 6.54 Å². The number of hydrogen-bond donors (Lipinski definition) is 0. The summed E-state index contributed by atoms with van der Waals surface area (Å²) < 4.78 is 10.4. The van der Waals surface area contributed by atoms with Crippen LogP contribution in [-0.4, -0.2) is 43.3 Å². The van der Waals surface area contributed by atoms with Gasteiger partial charge >= 0.3 is 12.1 Å². The smallest absolute Gasteiger partial charge is 0.410 e. The summed E-state index contributed by atoms with van der Waals surface area (Å²) in [5, 5.41) is 0. The van der Waals surface area contributed by atoms with Gasteiger partial charge in [-0.25, -0.2) is 4.79 Å². The fourth-order valence-corrected chi connectivity index (χ4v) is 2.68. The van der Waals surface area contributed by atoms with E-state index in [1.807, 2.05) is 13.8 Å². The van der Waals surface area contributed by atoms with E-state index in [1.165, 1.54) is 56.3 Å². The van der Waals surface area contributed by atoms with Gasteiger partial charge in [-0.1, -0.05) is 78.1 Å². The number of rotatable bonds is 17. The minimum Gasteiger partial charge on any atom is -0.464 e. The Hall–Kier alpha value is -1.26. The molecule has 0 unspecified atom stereocenters. The second-order valence-corrected chi connectivity index (χ2v) is 6.88. The molecule has 0 radical (unpaired) electrons. The molecule has 0 aliphatic heterocycles. The molecule has 5 heteroatoms. The van der Waals surface area contributed by atoms with Gasteiger partial charge in [-0.3, -0.25) is 9.69 Å². The van der Waals surface area contributed by atoms with E-state index in [-0.39, 0.29) is 12.5 Å². The fraction of sp³-hybridized carbons (Fsp3) is 0.905. The van der Waals surface area contributed by atoms with Gasteiger partial charge < -0.3 is 9.47 Å². The highest BCUT2D eigenvalue weighted by Crippen LogP contribution is 2.10. The third kappa shape index (κ3) is 15.0. The van der Waals surface area contributed by atoms with Gasteiger partial charge in [0, 0.05) is 6.54 Å². The molecular formula is C21H41NO4. The van der Waals surface area contributed by atoms with E-state index in [4.69, 9.17) is 9.47 Å². The molecule has 0 aliphatic carbocycles. The summed E-state index contributed by atoms with van der Waals surface area (Å²) in [6.07, 6.45) is 13.9. The van der Waals surface area contributed by atoms with E-state index in [2.05, 4.69) is 6.92 Å². The largest absolute Gasteiger partial charge is 0.464 e. The number of nitrogens with zero attached hydrogens (tertiary/aromatic N) is 1. The van der Waals surface area contributed by atoms with Crippen LogP contribution in [-0.2, 0) is 14.3 Å². The zero-order valence-corrected chi connectivity index (χ0v) is 17.4. The number of esters is 1. The highest BCUT2D eigenvalue weighted by atomic mass is 16.6. The maximum Gasteiger partial charge on any atom is 0.410 e. The molecule has 0 aromatic rings. The second kappa shape index (κ2) is 18.5. The Kier molecular flexibility index (Phi) is 17.6.